The van der Waals surface area contributed by atoms with Crippen molar-refractivity contribution >= 4 is 29.9 Å². The van der Waals surface area contributed by atoms with Gasteiger partial charge in [0.2, 0.25) is 0 Å². The van der Waals surface area contributed by atoms with E-state index in [1.165, 1.54) is 0 Å². The lowest BCUT2D eigenvalue weighted by Crippen LogP contribution is -2.28. The van der Waals surface area contributed by atoms with Gasteiger partial charge in [0.15, 0.2) is 0 Å². The number of benzene rings is 1. The van der Waals surface area contributed by atoms with E-state index in [0.29, 0.717) is 12.1 Å². The lowest BCUT2D eigenvalue weighted by atomic mass is 10.1. The zero-order valence-electron chi connectivity index (χ0n) is 10.9. The van der Waals surface area contributed by atoms with Crippen LogP contribution in [0.25, 0.3) is 0 Å². The highest BCUT2D eigenvalue weighted by molar-refractivity contribution is 7.80. The lowest BCUT2D eigenvalue weighted by molar-refractivity contribution is 0.0951. The first-order valence-corrected chi connectivity index (χ1v) is 7.38. The van der Waals surface area contributed by atoms with E-state index >= 15 is 0 Å². The molecule has 0 aliphatic carbocycles. The molecule has 0 fully saturated rings. The second-order valence-corrected chi connectivity index (χ2v) is 5.92. The molecule has 19 heavy (non-hydrogen) atoms. The van der Waals surface area contributed by atoms with Crippen LogP contribution in [-0.4, -0.2) is 17.4 Å². The van der Waals surface area contributed by atoms with E-state index in [-0.39, 0.29) is 11.8 Å². The van der Waals surface area contributed by atoms with Crippen molar-refractivity contribution in [2.24, 2.45) is 0 Å². The molecule has 1 unspecified atom stereocenters. The van der Waals surface area contributed by atoms with Gasteiger partial charge in [0.1, 0.15) is 0 Å². The number of nitrogens with one attached hydrogen (secondary N) is 1. The van der Waals surface area contributed by atoms with Crippen LogP contribution in [0.1, 0.15) is 33.8 Å². The number of hydrogen-bond acceptors (Lipinski definition) is 4. The Hall–Kier alpha value is -1.33. The molecule has 0 spiro atoms. The van der Waals surface area contributed by atoms with Gasteiger partial charge in [0.05, 0.1) is 5.01 Å². The summed E-state index contributed by atoms with van der Waals surface area (Å²) in [5, 5.41) is 5.94. The van der Waals surface area contributed by atoms with E-state index in [2.05, 4.69) is 29.9 Å². The molecule has 0 radical (unpaired) electrons. The number of thiazole rings is 1. The minimum atomic E-state index is -0.0585. The second-order valence-electron chi connectivity index (χ2n) is 4.48. The zero-order chi connectivity index (χ0) is 13.8. The quantitative estimate of drug-likeness (QED) is 0.849. The summed E-state index contributed by atoms with van der Waals surface area (Å²) in [6.45, 7) is 4.57. The number of hydrogen-bond donors (Lipinski definition) is 2. The Bertz CT molecular complexity index is 567. The molecule has 2 rings (SSSR count). The predicted molar refractivity (Wildman–Crippen MR) is 81.3 cm³/mol. The summed E-state index contributed by atoms with van der Waals surface area (Å²) >= 11 is 5.87. The summed E-state index contributed by atoms with van der Waals surface area (Å²) in [5.41, 5.74) is 1.64. The van der Waals surface area contributed by atoms with Crippen LogP contribution in [0, 0.1) is 6.92 Å². The van der Waals surface area contributed by atoms with Crippen LogP contribution in [0.3, 0.4) is 0 Å². The standard InChI is InChI=1S/C14H16N2OS2/c1-9-3-4-11(18)7-12(9)13(17)16-8-10(2)14-15-5-6-19-14/h3-7,10,18H,8H2,1-2H3,(H,16,17). The molecule has 1 aromatic heterocycles. The Morgan fingerprint density at radius 2 is 2.32 bits per heavy atom. The Balaban J connectivity index is 2.00. The first-order valence-electron chi connectivity index (χ1n) is 6.05. The molecule has 3 nitrogen and oxygen atoms in total. The molecule has 1 heterocycles. The molecule has 0 saturated carbocycles. The van der Waals surface area contributed by atoms with Crippen LogP contribution in [0.4, 0.5) is 0 Å². The molecule has 0 aliphatic rings. The van der Waals surface area contributed by atoms with E-state index in [1.807, 2.05) is 24.4 Å². The molecule has 2 aromatic rings. The van der Waals surface area contributed by atoms with Crippen molar-refractivity contribution in [3.05, 3.63) is 45.9 Å². The number of nitrogens with zero attached hydrogens (tertiary/aromatic N) is 1. The van der Waals surface area contributed by atoms with E-state index in [1.54, 1.807) is 23.6 Å². The Labute approximate surface area is 122 Å². The van der Waals surface area contributed by atoms with Gasteiger partial charge in [-0.05, 0) is 24.6 Å². The van der Waals surface area contributed by atoms with Crippen LogP contribution in [0.2, 0.25) is 0 Å². The van der Waals surface area contributed by atoms with E-state index in [4.69, 9.17) is 0 Å². The van der Waals surface area contributed by atoms with Gasteiger partial charge in [-0.3, -0.25) is 4.79 Å². The van der Waals surface area contributed by atoms with Crippen LogP contribution in [0.15, 0.2) is 34.7 Å². The number of aryl methyl sites for hydroxylation is 1. The average Bonchev–Trinajstić information content (AvgIpc) is 2.92. The van der Waals surface area contributed by atoms with Crippen molar-refractivity contribution in [3.63, 3.8) is 0 Å². The largest absolute Gasteiger partial charge is 0.351 e. The maximum atomic E-state index is 12.1. The fourth-order valence-corrected chi connectivity index (χ4v) is 2.66. The smallest absolute Gasteiger partial charge is 0.251 e. The van der Waals surface area contributed by atoms with Crippen molar-refractivity contribution in [1.82, 2.24) is 10.3 Å². The average molecular weight is 292 g/mol. The third-order valence-electron chi connectivity index (χ3n) is 2.91. The van der Waals surface area contributed by atoms with Crippen molar-refractivity contribution in [3.8, 4) is 0 Å². The molecule has 0 saturated heterocycles. The van der Waals surface area contributed by atoms with Crippen molar-refractivity contribution in [2.75, 3.05) is 6.54 Å². The summed E-state index contributed by atoms with van der Waals surface area (Å²) in [6.07, 6.45) is 1.78. The number of amides is 1. The predicted octanol–water partition coefficient (Wildman–Crippen LogP) is 3.27. The molecule has 0 bridgehead atoms. The highest BCUT2D eigenvalue weighted by Crippen LogP contribution is 2.17. The van der Waals surface area contributed by atoms with Gasteiger partial charge >= 0.3 is 0 Å². The van der Waals surface area contributed by atoms with Gasteiger partial charge < -0.3 is 5.32 Å². The number of carbonyl (C=O) groups excluding carboxylic acids is 1. The van der Waals surface area contributed by atoms with E-state index in [0.717, 1.165) is 15.5 Å². The van der Waals surface area contributed by atoms with Crippen LogP contribution in [-0.2, 0) is 0 Å². The summed E-state index contributed by atoms with van der Waals surface area (Å²) in [5.74, 6) is 0.167. The molecule has 5 heteroatoms. The summed E-state index contributed by atoms with van der Waals surface area (Å²) < 4.78 is 0. The first-order chi connectivity index (χ1) is 9.08. The van der Waals surface area contributed by atoms with Gasteiger partial charge in [-0.1, -0.05) is 13.0 Å². The normalized spacial score (nSPS) is 12.2. The van der Waals surface area contributed by atoms with Crippen molar-refractivity contribution in [2.45, 2.75) is 24.7 Å². The molecule has 1 N–H and O–H groups in total. The highest BCUT2D eigenvalue weighted by atomic mass is 32.1. The molecular formula is C14H16N2OS2. The van der Waals surface area contributed by atoms with Crippen LogP contribution in [0.5, 0.6) is 0 Å². The minimum absolute atomic E-state index is 0.0585. The second kappa shape index (κ2) is 6.21. The van der Waals surface area contributed by atoms with Gasteiger partial charge in [0.25, 0.3) is 5.91 Å². The van der Waals surface area contributed by atoms with Crippen LogP contribution < -0.4 is 5.32 Å². The SMILES string of the molecule is Cc1ccc(S)cc1C(=O)NCC(C)c1nccs1. The Morgan fingerprint density at radius 3 is 3.00 bits per heavy atom. The minimum Gasteiger partial charge on any atom is -0.351 e. The van der Waals surface area contributed by atoms with Crippen LogP contribution >= 0.6 is 24.0 Å². The highest BCUT2D eigenvalue weighted by Gasteiger charge is 2.13. The molecule has 100 valence electrons. The fraction of sp³-hybridized carbons (Fsp3) is 0.286. The Kier molecular flexibility index (Phi) is 4.61. The fourth-order valence-electron chi connectivity index (χ4n) is 1.76. The monoisotopic (exact) mass is 292 g/mol. The number of carbonyl (C=O) groups is 1. The molecular weight excluding hydrogens is 276 g/mol. The maximum absolute atomic E-state index is 12.1. The summed E-state index contributed by atoms with van der Waals surface area (Å²) in [7, 11) is 0. The third kappa shape index (κ3) is 3.58. The first kappa shape index (κ1) is 14.1. The number of rotatable bonds is 4. The summed E-state index contributed by atoms with van der Waals surface area (Å²) in [4.78, 5) is 17.2. The summed E-state index contributed by atoms with van der Waals surface area (Å²) in [6, 6.07) is 5.58. The number of aromatic nitrogens is 1. The van der Waals surface area contributed by atoms with Gasteiger partial charge in [0, 0.05) is 34.5 Å². The van der Waals surface area contributed by atoms with Gasteiger partial charge in [-0.2, -0.15) is 0 Å². The molecule has 0 aliphatic heterocycles. The molecule has 1 atom stereocenters. The lowest BCUT2D eigenvalue weighted by Gasteiger charge is -2.11. The van der Waals surface area contributed by atoms with Gasteiger partial charge in [-0.15, -0.1) is 24.0 Å². The van der Waals surface area contributed by atoms with Crippen molar-refractivity contribution in [1.29, 1.82) is 0 Å². The number of thiol groups is 1. The van der Waals surface area contributed by atoms with Gasteiger partial charge in [-0.25, -0.2) is 4.98 Å². The molecule has 1 aromatic carbocycles. The third-order valence-corrected chi connectivity index (χ3v) is 4.19. The maximum Gasteiger partial charge on any atom is 0.251 e. The zero-order valence-corrected chi connectivity index (χ0v) is 12.6. The molecule has 1 amide bonds. The van der Waals surface area contributed by atoms with Crippen molar-refractivity contribution < 1.29 is 4.79 Å². The Morgan fingerprint density at radius 1 is 1.53 bits per heavy atom. The van der Waals surface area contributed by atoms with E-state index < -0.39 is 0 Å². The topological polar surface area (TPSA) is 42.0 Å². The van der Waals surface area contributed by atoms with E-state index in [9.17, 15) is 4.79 Å².